The number of nitrogens with one attached hydrogen (secondary N) is 1. The molecule has 1 rings (SSSR count). The van der Waals surface area contributed by atoms with Gasteiger partial charge in [-0.25, -0.2) is 12.7 Å². The molecule has 5 heteroatoms. The van der Waals surface area contributed by atoms with Gasteiger partial charge in [-0.3, -0.25) is 0 Å². The Morgan fingerprint density at radius 3 is 2.19 bits per heavy atom. The van der Waals surface area contributed by atoms with Crippen molar-refractivity contribution in [1.29, 1.82) is 0 Å². The second-order valence-electron chi connectivity index (χ2n) is 5.57. The summed E-state index contributed by atoms with van der Waals surface area (Å²) in [6.45, 7) is 8.01. The van der Waals surface area contributed by atoms with Crippen LogP contribution >= 0.6 is 0 Å². The number of rotatable bonds is 9. The molecule has 0 aromatic heterocycles. The zero-order valence-electron chi connectivity index (χ0n) is 13.6. The molecule has 1 unspecified atom stereocenters. The number of sulfonamides is 1. The predicted molar refractivity (Wildman–Crippen MR) is 88.5 cm³/mol. The molecule has 0 radical (unpaired) electrons. The van der Waals surface area contributed by atoms with E-state index >= 15 is 0 Å². The summed E-state index contributed by atoms with van der Waals surface area (Å²) >= 11 is 0. The highest BCUT2D eigenvalue weighted by Crippen LogP contribution is 2.15. The van der Waals surface area contributed by atoms with Crippen molar-refractivity contribution in [2.45, 2.75) is 39.5 Å². The molecule has 1 aromatic rings. The van der Waals surface area contributed by atoms with Crippen LogP contribution in [0, 0.1) is 5.92 Å². The summed E-state index contributed by atoms with van der Waals surface area (Å²) in [4.78, 5) is 0. The van der Waals surface area contributed by atoms with Crippen molar-refractivity contribution < 1.29 is 8.42 Å². The lowest BCUT2D eigenvalue weighted by molar-refractivity contribution is 0.361. The van der Waals surface area contributed by atoms with Gasteiger partial charge in [0.15, 0.2) is 0 Å². The van der Waals surface area contributed by atoms with Gasteiger partial charge in [-0.05, 0) is 24.1 Å². The normalized spacial score (nSPS) is 13.6. The Morgan fingerprint density at radius 1 is 1.14 bits per heavy atom. The summed E-state index contributed by atoms with van der Waals surface area (Å²) in [5.41, 5.74) is 2.00. The van der Waals surface area contributed by atoms with Gasteiger partial charge in [0, 0.05) is 19.6 Å². The number of hydrogen-bond donors (Lipinski definition) is 1. The molecule has 0 aliphatic rings. The van der Waals surface area contributed by atoms with E-state index in [9.17, 15) is 8.42 Å². The van der Waals surface area contributed by atoms with Crippen molar-refractivity contribution in [1.82, 2.24) is 9.62 Å². The summed E-state index contributed by atoms with van der Waals surface area (Å²) < 4.78 is 26.6. The third kappa shape index (κ3) is 5.77. The monoisotopic (exact) mass is 312 g/mol. The minimum absolute atomic E-state index is 0.0805. The Balaban J connectivity index is 2.77. The van der Waals surface area contributed by atoms with E-state index in [1.54, 1.807) is 4.31 Å². The molecule has 1 aromatic carbocycles. The highest BCUT2D eigenvalue weighted by molar-refractivity contribution is 7.88. The van der Waals surface area contributed by atoms with Crippen LogP contribution in [0.15, 0.2) is 24.3 Å². The fourth-order valence-electron chi connectivity index (χ4n) is 2.18. The third-order valence-corrected chi connectivity index (χ3v) is 5.60. The lowest BCUT2D eigenvalue weighted by atomic mass is 10.1. The fraction of sp³-hybridized carbons (Fsp3) is 0.625. The van der Waals surface area contributed by atoms with Gasteiger partial charge in [0.05, 0.1) is 5.75 Å². The van der Waals surface area contributed by atoms with Crippen LogP contribution in [0.2, 0.25) is 0 Å². The Labute approximate surface area is 129 Å². The molecule has 0 heterocycles. The van der Waals surface area contributed by atoms with Gasteiger partial charge in [-0.2, -0.15) is 0 Å². The Bertz CT molecular complexity index is 512. The SMILES string of the molecule is CCC(C)CN(CC)S(=O)(=O)Cc1ccc(CNC)cc1. The molecule has 21 heavy (non-hydrogen) atoms. The topological polar surface area (TPSA) is 49.4 Å². The van der Waals surface area contributed by atoms with Gasteiger partial charge in [0.1, 0.15) is 0 Å². The van der Waals surface area contributed by atoms with Crippen LogP contribution in [-0.4, -0.2) is 32.9 Å². The number of benzene rings is 1. The minimum atomic E-state index is -3.24. The van der Waals surface area contributed by atoms with E-state index in [2.05, 4.69) is 19.2 Å². The first-order chi connectivity index (χ1) is 9.92. The summed E-state index contributed by atoms with van der Waals surface area (Å²) in [5.74, 6) is 0.467. The van der Waals surface area contributed by atoms with Crippen LogP contribution in [0.4, 0.5) is 0 Å². The zero-order valence-corrected chi connectivity index (χ0v) is 14.4. The zero-order chi connectivity index (χ0) is 15.9. The van der Waals surface area contributed by atoms with E-state index in [1.807, 2.05) is 38.2 Å². The van der Waals surface area contributed by atoms with Crippen LogP contribution in [0.3, 0.4) is 0 Å². The van der Waals surface area contributed by atoms with Crippen LogP contribution in [0.25, 0.3) is 0 Å². The maximum absolute atomic E-state index is 12.5. The highest BCUT2D eigenvalue weighted by Gasteiger charge is 2.22. The first-order valence-electron chi connectivity index (χ1n) is 7.63. The predicted octanol–water partition coefficient (Wildman–Crippen LogP) is 2.60. The lowest BCUT2D eigenvalue weighted by Crippen LogP contribution is -2.35. The molecule has 0 saturated carbocycles. The van der Waals surface area contributed by atoms with Crippen molar-refractivity contribution in [3.8, 4) is 0 Å². The lowest BCUT2D eigenvalue weighted by Gasteiger charge is -2.23. The second kappa shape index (κ2) is 8.51. The van der Waals surface area contributed by atoms with Crippen molar-refractivity contribution in [2.24, 2.45) is 5.92 Å². The third-order valence-electron chi connectivity index (χ3n) is 3.71. The molecule has 4 nitrogen and oxygen atoms in total. The smallest absolute Gasteiger partial charge is 0.218 e. The summed E-state index contributed by atoms with van der Waals surface area (Å²) in [6.07, 6.45) is 0.991. The highest BCUT2D eigenvalue weighted by atomic mass is 32.2. The van der Waals surface area contributed by atoms with Crippen LogP contribution in [0.1, 0.15) is 38.3 Å². The average molecular weight is 312 g/mol. The summed E-state index contributed by atoms with van der Waals surface area (Å²) in [5, 5.41) is 3.08. The molecule has 0 aliphatic heterocycles. The Hall–Kier alpha value is -0.910. The first kappa shape index (κ1) is 18.1. The van der Waals surface area contributed by atoms with Gasteiger partial charge in [-0.1, -0.05) is 51.5 Å². The van der Waals surface area contributed by atoms with E-state index in [-0.39, 0.29) is 5.75 Å². The molecule has 1 N–H and O–H groups in total. The van der Waals surface area contributed by atoms with Crippen molar-refractivity contribution >= 4 is 10.0 Å². The van der Waals surface area contributed by atoms with Crippen LogP contribution in [0.5, 0.6) is 0 Å². The summed E-state index contributed by atoms with van der Waals surface area (Å²) in [7, 11) is -1.34. The van der Waals surface area contributed by atoms with E-state index in [0.717, 1.165) is 24.1 Å². The molecule has 0 aliphatic carbocycles. The summed E-state index contributed by atoms with van der Waals surface area (Å²) in [6, 6.07) is 7.77. The molecule has 120 valence electrons. The van der Waals surface area contributed by atoms with Crippen LogP contribution in [-0.2, 0) is 22.3 Å². The van der Waals surface area contributed by atoms with Crippen molar-refractivity contribution in [3.05, 3.63) is 35.4 Å². The van der Waals surface area contributed by atoms with E-state index in [0.29, 0.717) is 19.0 Å². The standard InChI is InChI=1S/C16H28N2O2S/c1-5-14(3)12-18(6-2)21(19,20)13-16-9-7-15(8-10-16)11-17-4/h7-10,14,17H,5-6,11-13H2,1-4H3. The van der Waals surface area contributed by atoms with Gasteiger partial charge in [-0.15, -0.1) is 0 Å². The first-order valence-corrected chi connectivity index (χ1v) is 9.24. The van der Waals surface area contributed by atoms with E-state index in [4.69, 9.17) is 0 Å². The quantitative estimate of drug-likeness (QED) is 0.762. The van der Waals surface area contributed by atoms with E-state index in [1.165, 1.54) is 0 Å². The molecule has 1 atom stereocenters. The fourth-order valence-corrected chi connectivity index (χ4v) is 3.85. The second-order valence-corrected chi connectivity index (χ2v) is 7.54. The molecule has 0 saturated heterocycles. The van der Waals surface area contributed by atoms with Crippen molar-refractivity contribution in [2.75, 3.05) is 20.1 Å². The van der Waals surface area contributed by atoms with Gasteiger partial charge in [0.25, 0.3) is 0 Å². The minimum Gasteiger partial charge on any atom is -0.316 e. The van der Waals surface area contributed by atoms with Crippen molar-refractivity contribution in [3.63, 3.8) is 0 Å². The average Bonchev–Trinajstić information content (AvgIpc) is 2.46. The molecule has 0 amide bonds. The maximum Gasteiger partial charge on any atom is 0.218 e. The molecular formula is C16H28N2O2S. The van der Waals surface area contributed by atoms with E-state index < -0.39 is 10.0 Å². The number of nitrogens with zero attached hydrogens (tertiary/aromatic N) is 1. The Kier molecular flexibility index (Phi) is 7.35. The van der Waals surface area contributed by atoms with Gasteiger partial charge in [0.2, 0.25) is 10.0 Å². The van der Waals surface area contributed by atoms with Gasteiger partial charge >= 0.3 is 0 Å². The molecule has 0 bridgehead atoms. The largest absolute Gasteiger partial charge is 0.316 e. The molecule has 0 fully saturated rings. The van der Waals surface area contributed by atoms with Crippen LogP contribution < -0.4 is 5.32 Å². The molecular weight excluding hydrogens is 284 g/mol. The number of hydrogen-bond acceptors (Lipinski definition) is 3. The maximum atomic E-state index is 12.5. The molecule has 0 spiro atoms. The van der Waals surface area contributed by atoms with Gasteiger partial charge < -0.3 is 5.32 Å². The Morgan fingerprint density at radius 2 is 1.71 bits per heavy atom.